The molecule has 2 aliphatic rings. The highest BCUT2D eigenvalue weighted by atomic mass is 19.4. The number of carboxylic acid groups (broad SMARTS) is 1. The van der Waals surface area contributed by atoms with Crippen molar-refractivity contribution >= 4 is 29.2 Å². The molecule has 2 amide bonds. The monoisotopic (exact) mass is 479 g/mol. The van der Waals surface area contributed by atoms with Crippen LogP contribution in [0.15, 0.2) is 48.5 Å². The summed E-state index contributed by atoms with van der Waals surface area (Å²) in [5.41, 5.74) is -2.34. The van der Waals surface area contributed by atoms with Gasteiger partial charge < -0.3 is 9.84 Å². The highest BCUT2D eigenvalue weighted by Crippen LogP contribution is 2.50. The number of amides is 2. The number of fused-ring (bicyclic) bond motifs is 1. The number of alkyl halides is 3. The van der Waals surface area contributed by atoms with Crippen LogP contribution in [0.3, 0.4) is 0 Å². The number of halogens is 3. The molecule has 2 aromatic carbocycles. The minimum absolute atomic E-state index is 0.101. The standard InChI is InChI=1S/C21H16F3N3O7/c1-20(19(30)31)15-14(16(25-20)10-4-2-7-13(8-10)34-21(22,23)24)17(28)26(18(15)29)11-5-3-6-12(9-11)27(32)33/h2-9,14-16,25H,1H3,(H,30,31). The third-order valence-corrected chi connectivity index (χ3v) is 5.98. The zero-order chi connectivity index (χ0) is 25.0. The number of rotatable bonds is 5. The number of non-ortho nitro benzene ring substituents is 1. The van der Waals surface area contributed by atoms with E-state index in [4.69, 9.17) is 0 Å². The van der Waals surface area contributed by atoms with Gasteiger partial charge in [-0.15, -0.1) is 13.2 Å². The number of aliphatic carboxylic acids is 1. The number of carbonyl (C=O) groups is 3. The molecule has 4 unspecified atom stereocenters. The summed E-state index contributed by atoms with van der Waals surface area (Å²) >= 11 is 0. The number of anilines is 1. The largest absolute Gasteiger partial charge is 0.573 e. The second-order valence-electron chi connectivity index (χ2n) is 8.04. The number of nitro benzene ring substituents is 1. The van der Waals surface area contributed by atoms with Gasteiger partial charge in [0.25, 0.3) is 5.69 Å². The molecule has 2 aromatic rings. The van der Waals surface area contributed by atoms with E-state index in [0.717, 1.165) is 24.3 Å². The Morgan fingerprint density at radius 1 is 1.18 bits per heavy atom. The predicted molar refractivity (Wildman–Crippen MR) is 108 cm³/mol. The molecule has 2 heterocycles. The van der Waals surface area contributed by atoms with Crippen LogP contribution in [-0.2, 0) is 14.4 Å². The lowest BCUT2D eigenvalue weighted by atomic mass is 9.80. The molecule has 0 bridgehead atoms. The van der Waals surface area contributed by atoms with Crippen LogP contribution in [0.1, 0.15) is 18.5 Å². The summed E-state index contributed by atoms with van der Waals surface area (Å²) in [6.45, 7) is 1.20. The Morgan fingerprint density at radius 2 is 1.85 bits per heavy atom. The summed E-state index contributed by atoms with van der Waals surface area (Å²) in [6.07, 6.45) is -4.97. The Hall–Kier alpha value is -4.00. The van der Waals surface area contributed by atoms with E-state index in [0.29, 0.717) is 4.90 Å². The molecule has 10 nitrogen and oxygen atoms in total. The molecule has 2 aliphatic heterocycles. The summed E-state index contributed by atoms with van der Waals surface area (Å²) in [4.78, 5) is 49.9. The Bertz CT molecular complexity index is 1220. The van der Waals surface area contributed by atoms with Crippen molar-refractivity contribution in [3.8, 4) is 5.75 Å². The summed E-state index contributed by atoms with van der Waals surface area (Å²) in [5.74, 6) is -6.48. The highest BCUT2D eigenvalue weighted by Gasteiger charge is 2.67. The summed E-state index contributed by atoms with van der Waals surface area (Å²) in [7, 11) is 0. The number of benzene rings is 2. The molecule has 2 N–H and O–H groups in total. The lowest BCUT2D eigenvalue weighted by Gasteiger charge is -2.27. The third-order valence-electron chi connectivity index (χ3n) is 5.98. The van der Waals surface area contributed by atoms with Crippen LogP contribution in [-0.4, -0.2) is 39.7 Å². The number of nitro groups is 1. The lowest BCUT2D eigenvalue weighted by molar-refractivity contribution is -0.384. The van der Waals surface area contributed by atoms with Crippen molar-refractivity contribution in [2.75, 3.05) is 4.90 Å². The van der Waals surface area contributed by atoms with Crippen LogP contribution in [0.25, 0.3) is 0 Å². The van der Waals surface area contributed by atoms with Crippen LogP contribution in [0.4, 0.5) is 24.5 Å². The Kier molecular flexibility index (Phi) is 5.31. The topological polar surface area (TPSA) is 139 Å². The molecule has 4 rings (SSSR count). The van der Waals surface area contributed by atoms with Crippen molar-refractivity contribution in [1.29, 1.82) is 0 Å². The van der Waals surface area contributed by atoms with Gasteiger partial charge in [0, 0.05) is 18.2 Å². The van der Waals surface area contributed by atoms with E-state index in [9.17, 15) is 42.8 Å². The van der Waals surface area contributed by atoms with Gasteiger partial charge in [-0.1, -0.05) is 18.2 Å². The second-order valence-corrected chi connectivity index (χ2v) is 8.04. The first-order chi connectivity index (χ1) is 15.8. The fraction of sp³-hybridized carbons (Fsp3) is 0.286. The maximum Gasteiger partial charge on any atom is 0.573 e. The minimum Gasteiger partial charge on any atom is -0.480 e. The van der Waals surface area contributed by atoms with Gasteiger partial charge >= 0.3 is 12.3 Å². The average Bonchev–Trinajstić information content (AvgIpc) is 3.21. The molecular formula is C21H16F3N3O7. The molecule has 34 heavy (non-hydrogen) atoms. The molecule has 13 heteroatoms. The number of carbonyl (C=O) groups excluding carboxylic acids is 2. The number of hydrogen-bond acceptors (Lipinski definition) is 7. The van der Waals surface area contributed by atoms with E-state index in [-0.39, 0.29) is 16.9 Å². The van der Waals surface area contributed by atoms with Crippen LogP contribution >= 0.6 is 0 Å². The fourth-order valence-electron chi connectivity index (χ4n) is 4.53. The number of nitrogens with zero attached hydrogens (tertiary/aromatic N) is 2. The molecule has 4 atom stereocenters. The van der Waals surface area contributed by atoms with E-state index in [1.165, 1.54) is 31.2 Å². The van der Waals surface area contributed by atoms with Crippen molar-refractivity contribution in [2.24, 2.45) is 11.8 Å². The number of imide groups is 1. The second kappa shape index (κ2) is 7.80. The van der Waals surface area contributed by atoms with Crippen molar-refractivity contribution < 1.29 is 42.3 Å². The molecule has 0 spiro atoms. The van der Waals surface area contributed by atoms with Crippen molar-refractivity contribution in [3.63, 3.8) is 0 Å². The zero-order valence-corrected chi connectivity index (χ0v) is 17.3. The fourth-order valence-corrected chi connectivity index (χ4v) is 4.53. The Morgan fingerprint density at radius 3 is 2.47 bits per heavy atom. The first-order valence-electron chi connectivity index (χ1n) is 9.82. The summed E-state index contributed by atoms with van der Waals surface area (Å²) in [5, 5.41) is 23.7. The molecule has 2 saturated heterocycles. The Balaban J connectivity index is 1.79. The Labute approximate surface area is 189 Å². The van der Waals surface area contributed by atoms with Crippen LogP contribution in [0, 0.1) is 22.0 Å². The van der Waals surface area contributed by atoms with E-state index in [2.05, 4.69) is 10.1 Å². The number of ether oxygens (including phenoxy) is 1. The molecule has 0 aromatic heterocycles. The molecule has 2 fully saturated rings. The number of hydrogen-bond donors (Lipinski definition) is 2. The molecule has 0 aliphatic carbocycles. The molecule has 0 saturated carbocycles. The van der Waals surface area contributed by atoms with E-state index in [1.807, 2.05) is 0 Å². The summed E-state index contributed by atoms with van der Waals surface area (Å²) < 4.78 is 41.9. The minimum atomic E-state index is -4.97. The van der Waals surface area contributed by atoms with Crippen LogP contribution in [0.2, 0.25) is 0 Å². The first-order valence-corrected chi connectivity index (χ1v) is 9.82. The van der Waals surface area contributed by atoms with Gasteiger partial charge in [0.1, 0.15) is 11.3 Å². The normalized spacial score (nSPS) is 26.5. The average molecular weight is 479 g/mol. The van der Waals surface area contributed by atoms with Gasteiger partial charge in [0.15, 0.2) is 0 Å². The maximum atomic E-state index is 13.4. The highest BCUT2D eigenvalue weighted by molar-refractivity contribution is 6.24. The zero-order valence-electron chi connectivity index (χ0n) is 17.3. The van der Waals surface area contributed by atoms with Crippen molar-refractivity contribution in [2.45, 2.75) is 24.9 Å². The number of carboxylic acids is 1. The molecular weight excluding hydrogens is 463 g/mol. The summed E-state index contributed by atoms with van der Waals surface area (Å²) in [6, 6.07) is 8.24. The number of nitrogens with one attached hydrogen (secondary N) is 1. The van der Waals surface area contributed by atoms with E-state index in [1.54, 1.807) is 0 Å². The van der Waals surface area contributed by atoms with Gasteiger partial charge in [-0.3, -0.25) is 29.8 Å². The van der Waals surface area contributed by atoms with E-state index < -0.39 is 58.2 Å². The SMILES string of the molecule is CC1(C(=O)O)NC(c2cccc(OC(F)(F)F)c2)C2C(=O)N(c3cccc([N+](=O)[O-])c3)C(=O)C21. The van der Waals surface area contributed by atoms with E-state index >= 15 is 0 Å². The van der Waals surface area contributed by atoms with Crippen LogP contribution < -0.4 is 15.0 Å². The quantitative estimate of drug-likeness (QED) is 0.379. The van der Waals surface area contributed by atoms with Gasteiger partial charge in [-0.05, 0) is 30.7 Å². The van der Waals surface area contributed by atoms with Gasteiger partial charge in [-0.2, -0.15) is 0 Å². The third kappa shape index (κ3) is 3.73. The van der Waals surface area contributed by atoms with Gasteiger partial charge in [-0.25, -0.2) is 4.90 Å². The predicted octanol–water partition coefficient (Wildman–Crippen LogP) is 2.79. The molecule has 0 radical (unpaired) electrons. The van der Waals surface area contributed by atoms with Crippen LogP contribution in [0.5, 0.6) is 5.75 Å². The molecule has 178 valence electrons. The first kappa shape index (κ1) is 23.2. The van der Waals surface area contributed by atoms with Crippen molar-refractivity contribution in [3.05, 3.63) is 64.2 Å². The maximum absolute atomic E-state index is 13.4. The smallest absolute Gasteiger partial charge is 0.480 e. The van der Waals surface area contributed by atoms with Crippen molar-refractivity contribution in [1.82, 2.24) is 5.32 Å². The van der Waals surface area contributed by atoms with Gasteiger partial charge in [0.05, 0.1) is 22.4 Å². The lowest BCUT2D eigenvalue weighted by Crippen LogP contribution is -2.53. The van der Waals surface area contributed by atoms with Gasteiger partial charge in [0.2, 0.25) is 11.8 Å².